The lowest BCUT2D eigenvalue weighted by Crippen LogP contribution is -2.37. The van der Waals surface area contributed by atoms with Gasteiger partial charge < -0.3 is 27.9 Å². The molecule has 416 valence electrons. The third kappa shape index (κ3) is 56.5. The number of phosphoric acid groups is 1. The Hall–Kier alpha value is -2.81. The first kappa shape index (κ1) is 69.2. The molecule has 0 spiro atoms. The Morgan fingerprint density at radius 1 is 0.444 bits per heavy atom. The molecule has 0 aromatic carbocycles. The van der Waals surface area contributed by atoms with Gasteiger partial charge in [0.25, 0.3) is 7.82 Å². The van der Waals surface area contributed by atoms with Crippen LogP contribution >= 0.6 is 7.82 Å². The third-order valence-corrected chi connectivity index (χ3v) is 13.4. The molecular formula is C62H110NO8P. The second-order valence-electron chi connectivity index (χ2n) is 20.6. The van der Waals surface area contributed by atoms with Crippen molar-refractivity contribution in [3.05, 3.63) is 85.1 Å². The van der Waals surface area contributed by atoms with Gasteiger partial charge in [0, 0.05) is 12.8 Å². The SMILES string of the molecule is CC/C=C\C/C=C\C/C=C\C/C=C\C/C=C\C/C=C\CCCCC(=O)OC(COC(=O)CCCCCCCCCCCCCCCCC/C=C\CCCCCCCCCC)COP(=O)([O-])OCC[N+](C)(C)C. The summed E-state index contributed by atoms with van der Waals surface area (Å²) in [6.07, 6.45) is 70.7. The Labute approximate surface area is 443 Å². The molecule has 10 heteroatoms. The van der Waals surface area contributed by atoms with Crippen molar-refractivity contribution in [1.29, 1.82) is 0 Å². The molecule has 0 radical (unpaired) electrons. The van der Waals surface area contributed by atoms with Crippen LogP contribution in [0, 0.1) is 0 Å². The molecule has 9 nitrogen and oxygen atoms in total. The van der Waals surface area contributed by atoms with E-state index in [0.29, 0.717) is 17.4 Å². The zero-order valence-electron chi connectivity index (χ0n) is 47.1. The number of carbonyl (C=O) groups is 2. The minimum Gasteiger partial charge on any atom is -0.756 e. The van der Waals surface area contributed by atoms with Gasteiger partial charge >= 0.3 is 11.9 Å². The van der Waals surface area contributed by atoms with Crippen molar-refractivity contribution in [2.24, 2.45) is 0 Å². The van der Waals surface area contributed by atoms with Gasteiger partial charge in [-0.2, -0.15) is 0 Å². The van der Waals surface area contributed by atoms with E-state index in [4.69, 9.17) is 18.5 Å². The van der Waals surface area contributed by atoms with Crippen molar-refractivity contribution < 1.29 is 42.1 Å². The van der Waals surface area contributed by atoms with Crippen LogP contribution in [0.5, 0.6) is 0 Å². The highest BCUT2D eigenvalue weighted by molar-refractivity contribution is 7.45. The molecule has 0 fully saturated rings. The number of allylic oxidation sites excluding steroid dienone is 14. The van der Waals surface area contributed by atoms with Crippen molar-refractivity contribution in [3.8, 4) is 0 Å². The summed E-state index contributed by atoms with van der Waals surface area (Å²) in [6.45, 7) is 4.08. The maximum Gasteiger partial charge on any atom is 0.306 e. The highest BCUT2D eigenvalue weighted by Gasteiger charge is 2.21. The maximum absolute atomic E-state index is 12.8. The van der Waals surface area contributed by atoms with Crippen LogP contribution in [0.15, 0.2) is 85.1 Å². The van der Waals surface area contributed by atoms with Crippen LogP contribution in [-0.2, 0) is 32.7 Å². The van der Waals surface area contributed by atoms with E-state index >= 15 is 0 Å². The standard InChI is InChI=1S/C62H110NO8P/c1-6-8-10-12-14-16-18-20-22-24-26-28-29-30-31-32-33-35-36-38-40-42-44-46-48-50-52-54-61(64)68-58-60(59-70-72(66,67)69-57-56-63(3,4)5)71-62(65)55-53-51-49-47-45-43-41-39-37-34-27-25-23-21-19-17-15-13-11-9-7-2/h9,11,15,17,21,23-24,26-27,34,39,41,45,47,60H,6-8,10,12-14,16,18-20,22,25,28-33,35-38,40,42-44,46,48-59H2,1-5H3/b11-9-,17-15-,23-21-,26-24-,34-27-,41-39-,47-45-. The molecule has 2 unspecified atom stereocenters. The summed E-state index contributed by atoms with van der Waals surface area (Å²) in [5.74, 6) is -0.883. The van der Waals surface area contributed by atoms with E-state index in [0.717, 1.165) is 70.6 Å². The molecule has 0 saturated carbocycles. The number of likely N-dealkylation sites (N-methyl/N-ethyl adjacent to an activating group) is 1. The molecular weight excluding hydrogens is 918 g/mol. The van der Waals surface area contributed by atoms with E-state index in [2.05, 4.69) is 98.9 Å². The molecule has 72 heavy (non-hydrogen) atoms. The summed E-state index contributed by atoms with van der Waals surface area (Å²) in [5, 5.41) is 0. The lowest BCUT2D eigenvalue weighted by molar-refractivity contribution is -0.870. The van der Waals surface area contributed by atoms with E-state index in [9.17, 15) is 19.0 Å². The number of nitrogens with zero attached hydrogens (tertiary/aromatic N) is 1. The Morgan fingerprint density at radius 2 is 0.792 bits per heavy atom. The highest BCUT2D eigenvalue weighted by atomic mass is 31.2. The van der Waals surface area contributed by atoms with Crippen LogP contribution in [0.25, 0.3) is 0 Å². The molecule has 0 aromatic heterocycles. The summed E-state index contributed by atoms with van der Waals surface area (Å²) in [5.41, 5.74) is 0. The number of ether oxygens (including phenoxy) is 2. The smallest absolute Gasteiger partial charge is 0.306 e. The van der Waals surface area contributed by atoms with Crippen LogP contribution in [-0.4, -0.2) is 70.0 Å². The van der Waals surface area contributed by atoms with Crippen molar-refractivity contribution in [2.75, 3.05) is 47.5 Å². The second-order valence-corrected chi connectivity index (χ2v) is 22.0. The van der Waals surface area contributed by atoms with Gasteiger partial charge in [-0.05, 0) is 89.9 Å². The quantitative estimate of drug-likeness (QED) is 0.0195. The normalized spacial score (nSPS) is 13.9. The Kier molecular flexibility index (Phi) is 51.0. The van der Waals surface area contributed by atoms with E-state index in [-0.39, 0.29) is 26.1 Å². The molecule has 0 N–H and O–H groups in total. The van der Waals surface area contributed by atoms with E-state index < -0.39 is 32.5 Å². The van der Waals surface area contributed by atoms with Gasteiger partial charge in [0.1, 0.15) is 19.8 Å². The molecule has 0 amide bonds. The minimum absolute atomic E-state index is 0.0429. The van der Waals surface area contributed by atoms with E-state index in [1.165, 1.54) is 141 Å². The summed E-state index contributed by atoms with van der Waals surface area (Å²) < 4.78 is 34.1. The van der Waals surface area contributed by atoms with Crippen LogP contribution in [0.2, 0.25) is 0 Å². The maximum atomic E-state index is 12.8. The van der Waals surface area contributed by atoms with Crippen LogP contribution < -0.4 is 4.89 Å². The number of unbranched alkanes of at least 4 members (excludes halogenated alkanes) is 25. The third-order valence-electron chi connectivity index (χ3n) is 12.4. The molecule has 0 heterocycles. The number of phosphoric ester groups is 1. The van der Waals surface area contributed by atoms with Gasteiger partial charge in [-0.25, -0.2) is 0 Å². The lowest BCUT2D eigenvalue weighted by atomic mass is 10.0. The van der Waals surface area contributed by atoms with Crippen molar-refractivity contribution in [3.63, 3.8) is 0 Å². The first-order valence-electron chi connectivity index (χ1n) is 29.3. The van der Waals surface area contributed by atoms with Crippen molar-refractivity contribution >= 4 is 19.8 Å². The van der Waals surface area contributed by atoms with Gasteiger partial charge in [-0.3, -0.25) is 14.2 Å². The van der Waals surface area contributed by atoms with Gasteiger partial charge in [0.05, 0.1) is 27.7 Å². The first-order chi connectivity index (χ1) is 35.0. The predicted octanol–water partition coefficient (Wildman–Crippen LogP) is 17.6. The van der Waals surface area contributed by atoms with Crippen LogP contribution in [0.1, 0.15) is 245 Å². The molecule has 0 aliphatic heterocycles. The fourth-order valence-corrected chi connectivity index (χ4v) is 8.62. The number of esters is 2. The van der Waals surface area contributed by atoms with E-state index in [1.54, 1.807) is 0 Å². The van der Waals surface area contributed by atoms with Crippen molar-refractivity contribution in [2.45, 2.75) is 251 Å². The lowest BCUT2D eigenvalue weighted by Gasteiger charge is -2.28. The fourth-order valence-electron chi connectivity index (χ4n) is 7.89. The Morgan fingerprint density at radius 3 is 1.22 bits per heavy atom. The molecule has 0 aliphatic carbocycles. The van der Waals surface area contributed by atoms with Crippen LogP contribution in [0.3, 0.4) is 0 Å². The molecule has 2 atom stereocenters. The fraction of sp³-hybridized carbons (Fsp3) is 0.742. The Bertz CT molecular complexity index is 1490. The zero-order valence-corrected chi connectivity index (χ0v) is 48.0. The topological polar surface area (TPSA) is 111 Å². The van der Waals surface area contributed by atoms with Gasteiger partial charge in [-0.1, -0.05) is 227 Å². The minimum atomic E-state index is -4.65. The average Bonchev–Trinajstić information content (AvgIpc) is 3.34. The molecule has 0 aromatic rings. The zero-order chi connectivity index (χ0) is 52.7. The monoisotopic (exact) mass is 1030 g/mol. The molecule has 0 saturated heterocycles. The predicted molar refractivity (Wildman–Crippen MR) is 305 cm³/mol. The highest BCUT2D eigenvalue weighted by Crippen LogP contribution is 2.38. The van der Waals surface area contributed by atoms with Gasteiger partial charge in [0.2, 0.25) is 0 Å². The molecule has 0 bridgehead atoms. The van der Waals surface area contributed by atoms with E-state index in [1.807, 2.05) is 21.1 Å². The summed E-state index contributed by atoms with van der Waals surface area (Å²) in [7, 11) is 1.13. The number of rotatable bonds is 53. The summed E-state index contributed by atoms with van der Waals surface area (Å²) in [4.78, 5) is 37.8. The Balaban J connectivity index is 4.20. The summed E-state index contributed by atoms with van der Waals surface area (Å²) >= 11 is 0. The number of quaternary nitrogens is 1. The van der Waals surface area contributed by atoms with Gasteiger partial charge in [-0.15, -0.1) is 0 Å². The summed E-state index contributed by atoms with van der Waals surface area (Å²) in [6, 6.07) is 0. The first-order valence-corrected chi connectivity index (χ1v) is 30.8. The largest absolute Gasteiger partial charge is 0.756 e. The number of hydrogen-bond donors (Lipinski definition) is 0. The molecule has 0 aliphatic rings. The number of carbonyl (C=O) groups excluding carboxylic acids is 2. The van der Waals surface area contributed by atoms with Gasteiger partial charge in [0.15, 0.2) is 6.10 Å². The number of hydrogen-bond acceptors (Lipinski definition) is 8. The van der Waals surface area contributed by atoms with Crippen molar-refractivity contribution in [1.82, 2.24) is 0 Å². The second kappa shape index (κ2) is 53.0. The van der Waals surface area contributed by atoms with Crippen LogP contribution in [0.4, 0.5) is 0 Å². The molecule has 0 rings (SSSR count). The average molecular weight is 1030 g/mol.